The zero-order valence-corrected chi connectivity index (χ0v) is 25.5. The molecule has 0 aliphatic rings. The van der Waals surface area contributed by atoms with Gasteiger partial charge in [-0.25, -0.2) is 28.8 Å². The summed E-state index contributed by atoms with van der Waals surface area (Å²) >= 11 is 0. The third-order valence-corrected chi connectivity index (χ3v) is 5.07. The first kappa shape index (κ1) is 39.2. The summed E-state index contributed by atoms with van der Waals surface area (Å²) in [6.45, 7) is 4.26. The predicted octanol–water partition coefficient (Wildman–Crippen LogP) is 3.27. The molecule has 0 aromatic heterocycles. The highest BCUT2D eigenvalue weighted by atomic mass is 16.6. The monoisotopic (exact) mass is 666 g/mol. The van der Waals surface area contributed by atoms with Gasteiger partial charge in [-0.15, -0.1) is 0 Å². The fourth-order valence-electron chi connectivity index (χ4n) is 3.28. The molecule has 0 radical (unpaired) electrons. The molecule has 0 fully saturated rings. The van der Waals surface area contributed by atoms with Crippen LogP contribution in [0.4, 0.5) is 0 Å². The lowest BCUT2D eigenvalue weighted by Crippen LogP contribution is -2.17. The van der Waals surface area contributed by atoms with E-state index < -0.39 is 59.7 Å². The van der Waals surface area contributed by atoms with Gasteiger partial charge < -0.3 is 29.2 Å². The summed E-state index contributed by atoms with van der Waals surface area (Å²) in [7, 11) is 0. The minimum absolute atomic E-state index is 0.140. The molecule has 3 aromatic carbocycles. The Bertz CT molecular complexity index is 1550. The number of carboxylic acid groups (broad SMARTS) is 2. The minimum atomic E-state index is -1.23. The van der Waals surface area contributed by atoms with Crippen LogP contribution in [-0.4, -0.2) is 69.9 Å². The Morgan fingerprint density at radius 2 is 0.521 bits per heavy atom. The fourth-order valence-corrected chi connectivity index (χ4v) is 3.28. The van der Waals surface area contributed by atoms with Crippen LogP contribution >= 0.6 is 0 Å². The number of aromatic carboxylic acids is 2. The molecule has 3 rings (SSSR count). The summed E-state index contributed by atoms with van der Waals surface area (Å²) < 4.78 is 17.4. The molecule has 0 bridgehead atoms. The van der Waals surface area contributed by atoms with E-state index in [4.69, 9.17) is 10.2 Å². The van der Waals surface area contributed by atoms with Gasteiger partial charge in [0.15, 0.2) is 0 Å². The van der Waals surface area contributed by atoms with Crippen molar-refractivity contribution < 1.29 is 77.1 Å². The van der Waals surface area contributed by atoms with Crippen molar-refractivity contribution in [3.8, 4) is 0 Å². The molecule has 48 heavy (non-hydrogen) atoms. The van der Waals surface area contributed by atoms with E-state index in [1.807, 2.05) is 0 Å². The Labute approximate surface area is 270 Å². The van der Waals surface area contributed by atoms with E-state index >= 15 is 0 Å². The Kier molecular flexibility index (Phi) is 15.4. The van der Waals surface area contributed by atoms with Gasteiger partial charge in [-0.2, -0.15) is 0 Å². The summed E-state index contributed by atoms with van der Waals surface area (Å²) in [5, 5.41) is 17.1. The van der Waals surface area contributed by atoms with Crippen LogP contribution in [0.2, 0.25) is 0 Å². The number of hydrogen-bond donors (Lipinski definition) is 2. The third-order valence-electron chi connectivity index (χ3n) is 5.07. The summed E-state index contributed by atoms with van der Waals surface area (Å²) in [6.07, 6.45) is 0. The van der Waals surface area contributed by atoms with Crippen LogP contribution in [0.15, 0.2) is 72.8 Å². The second-order valence-corrected chi connectivity index (χ2v) is 8.77. The Balaban J connectivity index is 0.000000368. The molecule has 0 saturated carbocycles. The number of carbonyl (C=O) groups is 10. The summed E-state index contributed by atoms with van der Waals surface area (Å²) in [5.41, 5.74) is -0.939. The van der Waals surface area contributed by atoms with E-state index in [1.165, 1.54) is 72.8 Å². The van der Waals surface area contributed by atoms with Crippen molar-refractivity contribution in [2.45, 2.75) is 27.7 Å². The van der Waals surface area contributed by atoms with Gasteiger partial charge in [-0.1, -0.05) is 36.4 Å². The summed E-state index contributed by atoms with van der Waals surface area (Å²) in [5.74, 6) is -9.54. The molecule has 0 aliphatic carbocycles. The molecule has 0 spiro atoms. The molecule has 2 N–H and O–H groups in total. The predicted molar refractivity (Wildman–Crippen MR) is 158 cm³/mol. The molecule has 0 heterocycles. The van der Waals surface area contributed by atoms with Crippen molar-refractivity contribution in [3.05, 3.63) is 106 Å². The average Bonchev–Trinajstić information content (AvgIpc) is 3.00. The van der Waals surface area contributed by atoms with E-state index in [2.05, 4.69) is 18.9 Å². The lowest BCUT2D eigenvalue weighted by molar-refractivity contribution is -0.136. The number of carboxylic acids is 2. The quantitative estimate of drug-likeness (QED) is 0.218. The Morgan fingerprint density at radius 1 is 0.354 bits per heavy atom. The lowest BCUT2D eigenvalue weighted by Gasteiger charge is -2.06. The van der Waals surface area contributed by atoms with Crippen LogP contribution in [0.1, 0.15) is 89.8 Å². The fraction of sp³-hybridized carbons (Fsp3) is 0.125. The third kappa shape index (κ3) is 13.0. The molecule has 3 aromatic rings. The zero-order valence-electron chi connectivity index (χ0n) is 25.5. The van der Waals surface area contributed by atoms with Crippen LogP contribution in [0.3, 0.4) is 0 Å². The first-order valence-corrected chi connectivity index (χ1v) is 13.1. The van der Waals surface area contributed by atoms with Crippen molar-refractivity contribution in [1.29, 1.82) is 0 Å². The molecular weight excluding hydrogens is 640 g/mol. The highest BCUT2D eigenvalue weighted by Crippen LogP contribution is 2.13. The number of ether oxygens (including phenoxy) is 4. The molecule has 0 aliphatic heterocycles. The topological polar surface area (TPSA) is 248 Å². The van der Waals surface area contributed by atoms with Gasteiger partial charge >= 0.3 is 59.7 Å². The molecule has 0 unspecified atom stereocenters. The van der Waals surface area contributed by atoms with E-state index in [0.717, 1.165) is 27.7 Å². The van der Waals surface area contributed by atoms with Gasteiger partial charge in [0, 0.05) is 27.7 Å². The van der Waals surface area contributed by atoms with Crippen LogP contribution in [0.25, 0.3) is 0 Å². The van der Waals surface area contributed by atoms with Crippen molar-refractivity contribution >= 4 is 59.7 Å². The minimum Gasteiger partial charge on any atom is -0.478 e. The number of carbonyl (C=O) groups excluding carboxylic acids is 8. The number of rotatable bonds is 6. The smallest absolute Gasteiger partial charge is 0.346 e. The second-order valence-electron chi connectivity index (χ2n) is 8.77. The molecule has 16 nitrogen and oxygen atoms in total. The van der Waals surface area contributed by atoms with Gasteiger partial charge in [0.2, 0.25) is 0 Å². The Morgan fingerprint density at radius 3 is 0.667 bits per heavy atom. The molecule has 16 heteroatoms. The van der Waals surface area contributed by atoms with Gasteiger partial charge in [0.1, 0.15) is 0 Å². The lowest BCUT2D eigenvalue weighted by atomic mass is 10.1. The summed E-state index contributed by atoms with van der Waals surface area (Å²) in [4.78, 5) is 110. The summed E-state index contributed by atoms with van der Waals surface area (Å²) in [6, 6.07) is 16.6. The first-order valence-electron chi connectivity index (χ1n) is 13.1. The first-order chi connectivity index (χ1) is 22.5. The maximum Gasteiger partial charge on any atom is 0.346 e. The normalized spacial score (nSPS) is 9.42. The molecule has 0 amide bonds. The van der Waals surface area contributed by atoms with Crippen molar-refractivity contribution in [2.24, 2.45) is 0 Å². The maximum atomic E-state index is 11.5. The van der Waals surface area contributed by atoms with Crippen LogP contribution in [0, 0.1) is 0 Å². The van der Waals surface area contributed by atoms with Crippen molar-refractivity contribution in [3.63, 3.8) is 0 Å². The van der Waals surface area contributed by atoms with Crippen LogP contribution in [-0.2, 0) is 38.1 Å². The standard InChI is InChI=1S/2C12H10O6.C8H6O4/c2*1-7(13)17-11(15)9-5-3-4-6-10(9)12(16)18-8(2)14;9-7(10)5-3-1-2-4-6(5)8(11)12/h2*3-6H,1-2H3;1-4H,(H,9,10)(H,11,12). The largest absolute Gasteiger partial charge is 0.478 e. The molecule has 0 atom stereocenters. The SMILES string of the molecule is CC(=O)OC(=O)c1ccccc1C(=O)OC(C)=O.CC(=O)OC(=O)c1ccccc1C(=O)OC(C)=O.O=C(O)c1ccccc1C(=O)O. The van der Waals surface area contributed by atoms with Crippen LogP contribution < -0.4 is 0 Å². The number of benzene rings is 3. The van der Waals surface area contributed by atoms with Gasteiger partial charge in [-0.3, -0.25) is 19.2 Å². The van der Waals surface area contributed by atoms with Crippen molar-refractivity contribution in [2.75, 3.05) is 0 Å². The van der Waals surface area contributed by atoms with Gasteiger partial charge in [0.05, 0.1) is 33.4 Å². The maximum absolute atomic E-state index is 11.5. The van der Waals surface area contributed by atoms with E-state index in [-0.39, 0.29) is 33.4 Å². The van der Waals surface area contributed by atoms with Gasteiger partial charge in [0.25, 0.3) is 0 Å². The highest BCUT2D eigenvalue weighted by molar-refractivity contribution is 6.08. The van der Waals surface area contributed by atoms with E-state index in [9.17, 15) is 47.9 Å². The molecule has 250 valence electrons. The number of hydrogen-bond acceptors (Lipinski definition) is 14. The van der Waals surface area contributed by atoms with Gasteiger partial charge in [-0.05, 0) is 36.4 Å². The number of esters is 8. The Hall–Kier alpha value is -6.84. The highest BCUT2D eigenvalue weighted by Gasteiger charge is 2.22. The zero-order chi connectivity index (χ0) is 36.6. The molecular formula is C32H26O16. The van der Waals surface area contributed by atoms with Crippen molar-refractivity contribution in [1.82, 2.24) is 0 Å². The average molecular weight is 667 g/mol. The second kappa shape index (κ2) is 18.8. The molecule has 0 saturated heterocycles. The van der Waals surface area contributed by atoms with E-state index in [1.54, 1.807) is 0 Å². The van der Waals surface area contributed by atoms with E-state index in [0.29, 0.717) is 0 Å². The van der Waals surface area contributed by atoms with Crippen LogP contribution in [0.5, 0.6) is 0 Å².